The Morgan fingerprint density at radius 1 is 1.17 bits per heavy atom. The molecule has 3 aromatic rings. The van der Waals surface area contributed by atoms with Crippen LogP contribution in [0.25, 0.3) is 10.9 Å². The van der Waals surface area contributed by atoms with Gasteiger partial charge in [0, 0.05) is 24.5 Å². The number of hydrogen-bond donors (Lipinski definition) is 1. The lowest BCUT2D eigenvalue weighted by Gasteiger charge is -2.33. The first-order valence-electron chi connectivity index (χ1n) is 11.0. The molecule has 2 atom stereocenters. The highest BCUT2D eigenvalue weighted by Crippen LogP contribution is 2.38. The lowest BCUT2D eigenvalue weighted by molar-refractivity contribution is -0.128. The molecule has 2 amide bonds. The number of aromatic nitrogens is 2. The second-order valence-corrected chi connectivity index (χ2v) is 9.13. The Morgan fingerprint density at radius 2 is 1.92 bits per heavy atom. The van der Waals surface area contributed by atoms with E-state index in [2.05, 4.69) is 21.9 Å². The summed E-state index contributed by atoms with van der Waals surface area (Å²) >= 11 is 11.8. The number of hydrogen-bond acceptors (Lipinski definition) is 7. The SMILES string of the molecule is C=CC(=O)N1C[C@@H]2C[C@H]1CN2C(=O)Oc1cc2c(Nc3ccc(Cl)c(Cl)c3F)ncnc2cc1OC. The zero-order valence-electron chi connectivity index (χ0n) is 19.0. The fraction of sp³-hybridized carbons (Fsp3) is 0.250. The molecule has 186 valence electrons. The first kappa shape index (κ1) is 24.1. The standard InChI is InChI=1S/C24H20Cl2FN5O4/c1-3-20(33)31-9-13-6-12(31)10-32(13)24(34)36-19-7-14-17(8-18(19)35-2)28-11-29-23(14)30-16-5-4-15(25)21(26)22(16)27/h3-5,7-8,11-13H,1,6,9-10H2,2H3,(H,28,29,30)/t12-,13-/m0/s1. The van der Waals surface area contributed by atoms with E-state index in [9.17, 15) is 14.0 Å². The van der Waals surface area contributed by atoms with Crippen LogP contribution >= 0.6 is 23.2 Å². The summed E-state index contributed by atoms with van der Waals surface area (Å²) in [5.41, 5.74) is 0.536. The first-order chi connectivity index (χ1) is 17.3. The van der Waals surface area contributed by atoms with Crippen molar-refractivity contribution >= 4 is 57.6 Å². The largest absolute Gasteiger partial charge is 0.493 e. The van der Waals surface area contributed by atoms with Crippen LogP contribution in [0.2, 0.25) is 10.0 Å². The third-order valence-electron chi connectivity index (χ3n) is 6.34. The smallest absolute Gasteiger partial charge is 0.415 e. The number of likely N-dealkylation sites (tertiary alicyclic amines) is 2. The van der Waals surface area contributed by atoms with E-state index >= 15 is 0 Å². The van der Waals surface area contributed by atoms with Gasteiger partial charge in [-0.05, 0) is 30.7 Å². The van der Waals surface area contributed by atoms with Gasteiger partial charge < -0.3 is 24.6 Å². The predicted molar refractivity (Wildman–Crippen MR) is 133 cm³/mol. The van der Waals surface area contributed by atoms with Gasteiger partial charge in [0.15, 0.2) is 17.3 Å². The number of carbonyl (C=O) groups is 2. The number of nitrogens with one attached hydrogen (secondary N) is 1. The van der Waals surface area contributed by atoms with Crippen LogP contribution in [0.1, 0.15) is 6.42 Å². The Hall–Kier alpha value is -3.63. The van der Waals surface area contributed by atoms with Gasteiger partial charge in [-0.1, -0.05) is 29.8 Å². The Labute approximate surface area is 215 Å². The molecule has 9 nitrogen and oxygen atoms in total. The van der Waals surface area contributed by atoms with Crippen molar-refractivity contribution < 1.29 is 23.5 Å². The number of rotatable bonds is 5. The second-order valence-electron chi connectivity index (χ2n) is 8.35. The molecule has 2 aliphatic heterocycles. The fourth-order valence-electron chi connectivity index (χ4n) is 4.58. The molecule has 0 unspecified atom stereocenters. The van der Waals surface area contributed by atoms with E-state index in [1.807, 2.05) is 0 Å². The van der Waals surface area contributed by atoms with E-state index in [4.69, 9.17) is 32.7 Å². The van der Waals surface area contributed by atoms with E-state index < -0.39 is 11.9 Å². The molecule has 12 heteroatoms. The zero-order chi connectivity index (χ0) is 25.6. The third-order valence-corrected chi connectivity index (χ3v) is 7.12. The number of benzene rings is 2. The van der Waals surface area contributed by atoms with E-state index in [0.29, 0.717) is 30.4 Å². The number of fused-ring (bicyclic) bond motifs is 3. The second kappa shape index (κ2) is 9.44. The molecule has 2 bridgehead atoms. The van der Waals surface area contributed by atoms with Gasteiger partial charge in [-0.3, -0.25) is 4.79 Å². The summed E-state index contributed by atoms with van der Waals surface area (Å²) < 4.78 is 25.7. The number of piperazine rings is 1. The molecular weight excluding hydrogens is 512 g/mol. The summed E-state index contributed by atoms with van der Waals surface area (Å²) in [6, 6.07) is 5.82. The molecule has 36 heavy (non-hydrogen) atoms. The molecule has 2 fully saturated rings. The van der Waals surface area contributed by atoms with Crippen LogP contribution in [0.4, 0.5) is 20.7 Å². The fourth-order valence-corrected chi connectivity index (χ4v) is 4.89. The maximum absolute atomic E-state index is 14.6. The molecule has 2 saturated heterocycles. The zero-order valence-corrected chi connectivity index (χ0v) is 20.5. The van der Waals surface area contributed by atoms with Crippen LogP contribution < -0.4 is 14.8 Å². The number of halogens is 3. The average Bonchev–Trinajstić information content (AvgIpc) is 3.50. The van der Waals surface area contributed by atoms with Crippen LogP contribution in [0.3, 0.4) is 0 Å². The molecule has 0 radical (unpaired) electrons. The Morgan fingerprint density at radius 3 is 2.61 bits per heavy atom. The van der Waals surface area contributed by atoms with E-state index in [0.717, 1.165) is 0 Å². The maximum Gasteiger partial charge on any atom is 0.415 e. The monoisotopic (exact) mass is 531 g/mol. The van der Waals surface area contributed by atoms with Gasteiger partial charge in [-0.25, -0.2) is 19.2 Å². The Balaban J connectivity index is 1.42. The lowest BCUT2D eigenvalue weighted by atomic mass is 10.2. The highest BCUT2D eigenvalue weighted by Gasteiger charge is 2.47. The summed E-state index contributed by atoms with van der Waals surface area (Å²) in [4.78, 5) is 36.8. The van der Waals surface area contributed by atoms with Gasteiger partial charge in [-0.15, -0.1) is 0 Å². The predicted octanol–water partition coefficient (Wildman–Crippen LogP) is 4.80. The first-order valence-corrected chi connectivity index (χ1v) is 11.7. The van der Waals surface area contributed by atoms with Crippen LogP contribution in [0.5, 0.6) is 11.5 Å². The summed E-state index contributed by atoms with van der Waals surface area (Å²) in [5.74, 6) is -0.191. The van der Waals surface area contributed by atoms with E-state index in [1.165, 1.54) is 31.6 Å². The number of anilines is 2. The number of nitrogens with zero attached hydrogens (tertiary/aromatic N) is 4. The molecule has 5 rings (SSSR count). The van der Waals surface area contributed by atoms with Crippen molar-refractivity contribution in [1.82, 2.24) is 19.8 Å². The van der Waals surface area contributed by atoms with Gasteiger partial charge in [0.25, 0.3) is 0 Å². The molecule has 2 aliphatic rings. The lowest BCUT2D eigenvalue weighted by Crippen LogP contribution is -2.51. The normalized spacial score (nSPS) is 18.4. The van der Waals surface area contributed by atoms with Crippen LogP contribution in [0, 0.1) is 5.82 Å². The molecule has 2 aromatic carbocycles. The van der Waals surface area contributed by atoms with Crippen LogP contribution in [-0.2, 0) is 4.79 Å². The minimum atomic E-state index is -0.732. The van der Waals surface area contributed by atoms with Gasteiger partial charge in [0.1, 0.15) is 12.1 Å². The van der Waals surface area contributed by atoms with Crippen molar-refractivity contribution in [3.05, 3.63) is 59.1 Å². The highest BCUT2D eigenvalue weighted by atomic mass is 35.5. The van der Waals surface area contributed by atoms with Crippen molar-refractivity contribution in [2.75, 3.05) is 25.5 Å². The summed E-state index contributed by atoms with van der Waals surface area (Å²) in [6.45, 7) is 4.32. The summed E-state index contributed by atoms with van der Waals surface area (Å²) in [7, 11) is 1.44. The topological polar surface area (TPSA) is 96.9 Å². The number of amides is 2. The van der Waals surface area contributed by atoms with Crippen molar-refractivity contribution in [3.63, 3.8) is 0 Å². The van der Waals surface area contributed by atoms with Crippen molar-refractivity contribution in [3.8, 4) is 11.5 Å². The van der Waals surface area contributed by atoms with E-state index in [1.54, 1.807) is 21.9 Å². The van der Waals surface area contributed by atoms with Gasteiger partial charge in [-0.2, -0.15) is 0 Å². The number of methoxy groups -OCH3 is 1. The van der Waals surface area contributed by atoms with Crippen molar-refractivity contribution in [1.29, 1.82) is 0 Å². The highest BCUT2D eigenvalue weighted by molar-refractivity contribution is 6.42. The average molecular weight is 532 g/mol. The molecular formula is C24H20Cl2FN5O4. The van der Waals surface area contributed by atoms with Gasteiger partial charge in [0.05, 0.1) is 40.4 Å². The minimum absolute atomic E-state index is 0.0606. The van der Waals surface area contributed by atoms with Crippen molar-refractivity contribution in [2.45, 2.75) is 18.5 Å². The summed E-state index contributed by atoms with van der Waals surface area (Å²) in [5, 5.41) is 3.21. The molecule has 0 spiro atoms. The molecule has 1 N–H and O–H groups in total. The maximum atomic E-state index is 14.6. The van der Waals surface area contributed by atoms with Gasteiger partial charge >= 0.3 is 6.09 Å². The van der Waals surface area contributed by atoms with Gasteiger partial charge in [0.2, 0.25) is 5.91 Å². The molecule has 1 aromatic heterocycles. The Kier molecular flexibility index (Phi) is 6.31. The Bertz CT molecular complexity index is 1400. The molecule has 3 heterocycles. The summed E-state index contributed by atoms with van der Waals surface area (Å²) in [6.07, 6.45) is 2.71. The molecule has 0 saturated carbocycles. The van der Waals surface area contributed by atoms with Crippen LogP contribution in [-0.4, -0.2) is 64.1 Å². The molecule has 0 aliphatic carbocycles. The van der Waals surface area contributed by atoms with Crippen LogP contribution in [0.15, 0.2) is 43.2 Å². The minimum Gasteiger partial charge on any atom is -0.493 e. The van der Waals surface area contributed by atoms with Crippen molar-refractivity contribution in [2.24, 2.45) is 0 Å². The number of carbonyl (C=O) groups excluding carboxylic acids is 2. The quantitative estimate of drug-likeness (QED) is 0.373. The van der Waals surface area contributed by atoms with E-state index in [-0.39, 0.29) is 51.0 Å². The third kappa shape index (κ3) is 4.16. The number of ether oxygens (including phenoxy) is 2.